The first kappa shape index (κ1) is 13.8. The van der Waals surface area contributed by atoms with Crippen LogP contribution in [0, 0.1) is 6.92 Å². The highest BCUT2D eigenvalue weighted by atomic mass is 16.4. The Balaban J connectivity index is 2.10. The summed E-state index contributed by atoms with van der Waals surface area (Å²) in [7, 11) is 0. The van der Waals surface area contributed by atoms with Crippen molar-refractivity contribution in [3.8, 4) is 17.0 Å². The number of hydrogen-bond donors (Lipinski definition) is 2. The van der Waals surface area contributed by atoms with Crippen molar-refractivity contribution in [3.05, 3.63) is 45.4 Å². The van der Waals surface area contributed by atoms with Crippen LogP contribution < -0.4 is 11.4 Å². The molecule has 3 aromatic rings. The lowest BCUT2D eigenvalue weighted by Crippen LogP contribution is -2.07. The first-order valence-electron chi connectivity index (χ1n) is 7.46. The van der Waals surface area contributed by atoms with Gasteiger partial charge in [-0.05, 0) is 43.9 Å². The van der Waals surface area contributed by atoms with Gasteiger partial charge in [-0.15, -0.1) is 0 Å². The number of aryl methyl sites for hydroxylation is 2. The van der Waals surface area contributed by atoms with E-state index < -0.39 is 0 Å². The number of aromatic hydroxyl groups is 1. The van der Waals surface area contributed by atoms with Crippen LogP contribution in [-0.2, 0) is 12.8 Å². The summed E-state index contributed by atoms with van der Waals surface area (Å²) in [6.07, 6.45) is 4.07. The number of nitrogens with zero attached hydrogens (tertiary/aromatic N) is 2. The quantitative estimate of drug-likeness (QED) is 0.669. The lowest BCUT2D eigenvalue weighted by atomic mass is 9.98. The number of hydrogen-bond acceptors (Lipinski definition) is 6. The Hall–Kier alpha value is -2.89. The molecule has 116 valence electrons. The van der Waals surface area contributed by atoms with Gasteiger partial charge in [0.05, 0.1) is 5.69 Å². The Morgan fingerprint density at radius 3 is 2.87 bits per heavy atom. The molecule has 0 fully saturated rings. The van der Waals surface area contributed by atoms with Crippen molar-refractivity contribution in [2.24, 2.45) is 0 Å². The Bertz CT molecular complexity index is 1010. The molecule has 1 aromatic carbocycles. The monoisotopic (exact) mass is 309 g/mol. The number of benzene rings is 1. The molecule has 0 unspecified atom stereocenters. The third kappa shape index (κ3) is 1.98. The number of phenolic OH excluding ortho intramolecular Hbond substituents is 1. The van der Waals surface area contributed by atoms with Crippen LogP contribution >= 0.6 is 0 Å². The maximum absolute atomic E-state index is 12.1. The zero-order valence-corrected chi connectivity index (χ0v) is 12.6. The maximum atomic E-state index is 12.1. The third-order valence-corrected chi connectivity index (χ3v) is 4.42. The number of nitrogen functional groups attached to an aromatic ring is 1. The van der Waals surface area contributed by atoms with E-state index in [0.717, 1.165) is 35.8 Å². The predicted molar refractivity (Wildman–Crippen MR) is 86.3 cm³/mol. The van der Waals surface area contributed by atoms with Gasteiger partial charge in [-0.3, -0.25) is 0 Å². The highest BCUT2D eigenvalue weighted by Crippen LogP contribution is 2.39. The average molecular weight is 309 g/mol. The van der Waals surface area contributed by atoms with Gasteiger partial charge in [-0.25, -0.2) is 14.8 Å². The van der Waals surface area contributed by atoms with Gasteiger partial charge in [-0.2, -0.15) is 0 Å². The minimum atomic E-state index is -0.300. The fraction of sp³-hybridized carbons (Fsp3) is 0.235. The van der Waals surface area contributed by atoms with Gasteiger partial charge in [0, 0.05) is 28.3 Å². The summed E-state index contributed by atoms with van der Waals surface area (Å²) in [5, 5.41) is 11.4. The van der Waals surface area contributed by atoms with Crippen molar-refractivity contribution in [2.45, 2.75) is 26.2 Å². The fourth-order valence-corrected chi connectivity index (χ4v) is 3.29. The molecule has 0 aliphatic heterocycles. The van der Waals surface area contributed by atoms with Crippen LogP contribution in [0.2, 0.25) is 0 Å². The normalized spacial score (nSPS) is 13.4. The molecule has 1 aliphatic carbocycles. The molecule has 0 radical (unpaired) electrons. The van der Waals surface area contributed by atoms with Gasteiger partial charge < -0.3 is 15.3 Å². The van der Waals surface area contributed by atoms with Gasteiger partial charge >= 0.3 is 5.63 Å². The number of nitrogens with two attached hydrogens (primary N) is 1. The van der Waals surface area contributed by atoms with Gasteiger partial charge in [0.2, 0.25) is 5.95 Å². The van der Waals surface area contributed by atoms with E-state index in [1.54, 1.807) is 19.2 Å². The second-order valence-corrected chi connectivity index (χ2v) is 5.77. The summed E-state index contributed by atoms with van der Waals surface area (Å²) >= 11 is 0. The molecule has 1 aliphatic rings. The molecule has 0 spiro atoms. The zero-order valence-electron chi connectivity index (χ0n) is 12.6. The third-order valence-electron chi connectivity index (χ3n) is 4.42. The van der Waals surface area contributed by atoms with Crippen LogP contribution in [0.1, 0.15) is 23.1 Å². The molecule has 3 N–H and O–H groups in total. The van der Waals surface area contributed by atoms with E-state index in [-0.39, 0.29) is 17.3 Å². The predicted octanol–water partition coefficient (Wildman–Crippen LogP) is 2.33. The first-order chi connectivity index (χ1) is 11.1. The minimum Gasteiger partial charge on any atom is -0.507 e. The van der Waals surface area contributed by atoms with Gasteiger partial charge in [0.25, 0.3) is 0 Å². The summed E-state index contributed by atoms with van der Waals surface area (Å²) in [5.74, 6) is 0.182. The summed E-state index contributed by atoms with van der Waals surface area (Å²) < 4.78 is 5.46. The molecular weight excluding hydrogens is 294 g/mol. The summed E-state index contributed by atoms with van der Waals surface area (Å²) in [6, 6.07) is 3.52. The van der Waals surface area contributed by atoms with Gasteiger partial charge in [0.1, 0.15) is 11.3 Å². The van der Waals surface area contributed by atoms with Crippen LogP contribution in [0.25, 0.3) is 22.2 Å². The molecule has 6 nitrogen and oxygen atoms in total. The molecule has 4 rings (SSSR count). The largest absolute Gasteiger partial charge is 0.507 e. The number of aromatic nitrogens is 2. The number of fused-ring (bicyclic) bond motifs is 3. The van der Waals surface area contributed by atoms with Crippen LogP contribution in [0.4, 0.5) is 5.95 Å². The summed E-state index contributed by atoms with van der Waals surface area (Å²) in [6.45, 7) is 1.73. The highest BCUT2D eigenvalue weighted by molar-refractivity contribution is 5.92. The second-order valence-electron chi connectivity index (χ2n) is 5.77. The first-order valence-corrected chi connectivity index (χ1v) is 7.46. The minimum absolute atomic E-state index is 0.0386. The van der Waals surface area contributed by atoms with Crippen molar-refractivity contribution >= 4 is 16.9 Å². The van der Waals surface area contributed by atoms with Crippen molar-refractivity contribution in [2.75, 3.05) is 5.73 Å². The second kappa shape index (κ2) is 4.81. The molecule has 0 amide bonds. The number of anilines is 1. The SMILES string of the molecule is Cc1c(O)c(-c2ccnc(N)n2)cc2c3c(c(=O)oc12)CCC3. The summed E-state index contributed by atoms with van der Waals surface area (Å²) in [4.78, 5) is 20.2. The molecule has 2 aromatic heterocycles. The Kier molecular flexibility index (Phi) is 2.87. The van der Waals surface area contributed by atoms with Crippen LogP contribution in [0.5, 0.6) is 5.75 Å². The van der Waals surface area contributed by atoms with Crippen LogP contribution in [0.3, 0.4) is 0 Å². The molecule has 6 heteroatoms. The van der Waals surface area contributed by atoms with Gasteiger partial charge in [-0.1, -0.05) is 0 Å². The Morgan fingerprint density at radius 2 is 2.09 bits per heavy atom. The molecule has 0 bridgehead atoms. The number of rotatable bonds is 1. The smallest absolute Gasteiger partial charge is 0.339 e. The van der Waals surface area contributed by atoms with Crippen molar-refractivity contribution < 1.29 is 9.52 Å². The highest BCUT2D eigenvalue weighted by Gasteiger charge is 2.23. The van der Waals surface area contributed by atoms with E-state index in [4.69, 9.17) is 10.2 Å². The molecule has 23 heavy (non-hydrogen) atoms. The van der Waals surface area contributed by atoms with E-state index in [9.17, 15) is 9.90 Å². The van der Waals surface area contributed by atoms with E-state index >= 15 is 0 Å². The summed E-state index contributed by atoms with van der Waals surface area (Å²) in [5.41, 5.74) is 9.18. The molecule has 0 saturated carbocycles. The van der Waals surface area contributed by atoms with E-state index in [0.29, 0.717) is 22.4 Å². The van der Waals surface area contributed by atoms with Crippen LogP contribution in [0.15, 0.2) is 27.5 Å². The molecule has 2 heterocycles. The average Bonchev–Trinajstić information content (AvgIpc) is 3.02. The molecule has 0 saturated heterocycles. The maximum Gasteiger partial charge on any atom is 0.339 e. The van der Waals surface area contributed by atoms with E-state index in [2.05, 4.69) is 9.97 Å². The lowest BCUT2D eigenvalue weighted by Gasteiger charge is -2.12. The lowest BCUT2D eigenvalue weighted by molar-refractivity contribution is 0.469. The molecular formula is C17H15N3O3. The molecule has 0 atom stereocenters. The van der Waals surface area contributed by atoms with E-state index in [1.165, 1.54) is 0 Å². The van der Waals surface area contributed by atoms with Crippen LogP contribution in [-0.4, -0.2) is 15.1 Å². The topological polar surface area (TPSA) is 102 Å². The Labute approximate surface area is 131 Å². The van der Waals surface area contributed by atoms with E-state index in [1.807, 2.05) is 6.07 Å². The zero-order chi connectivity index (χ0) is 16.1. The van der Waals surface area contributed by atoms with Crippen molar-refractivity contribution in [3.63, 3.8) is 0 Å². The standard InChI is InChI=1S/C17H15N3O3/c1-8-14(21)12(13-5-6-19-17(18)20-13)7-11-9-3-2-4-10(9)16(22)23-15(8)11/h5-7,21H,2-4H2,1H3,(H2,18,19,20). The van der Waals surface area contributed by atoms with Crippen molar-refractivity contribution in [1.29, 1.82) is 0 Å². The van der Waals surface area contributed by atoms with Gasteiger partial charge in [0.15, 0.2) is 0 Å². The number of phenols is 1. The van der Waals surface area contributed by atoms with Crippen molar-refractivity contribution in [1.82, 2.24) is 9.97 Å². The Morgan fingerprint density at radius 1 is 1.30 bits per heavy atom. The fourth-order valence-electron chi connectivity index (χ4n) is 3.29.